The molecule has 1 aromatic heterocycles. The van der Waals surface area contributed by atoms with Crippen molar-refractivity contribution in [1.29, 1.82) is 0 Å². The molecule has 1 heterocycles. The summed E-state index contributed by atoms with van der Waals surface area (Å²) < 4.78 is 5.80. The molecule has 3 N–H and O–H groups in total. The van der Waals surface area contributed by atoms with E-state index in [1.807, 2.05) is 37.3 Å². The van der Waals surface area contributed by atoms with Crippen molar-refractivity contribution in [1.82, 2.24) is 4.98 Å². The lowest BCUT2D eigenvalue weighted by Crippen LogP contribution is -2.10. The molecule has 5 heteroatoms. The number of nitrogens with one attached hydrogen (secondary N) is 1. The number of anilines is 2. The molecule has 2 aromatic rings. The summed E-state index contributed by atoms with van der Waals surface area (Å²) in [6.45, 7) is 4.14. The molecule has 1 aromatic carbocycles. The van der Waals surface area contributed by atoms with Gasteiger partial charge < -0.3 is 15.8 Å². The maximum Gasteiger partial charge on any atom is 0.130 e. The number of hydrogen-bond acceptors (Lipinski definition) is 4. The van der Waals surface area contributed by atoms with E-state index in [1.54, 1.807) is 12.3 Å². The molecule has 1 atom stereocenters. The third-order valence-electron chi connectivity index (χ3n) is 3.06. The molecule has 4 nitrogen and oxygen atoms in total. The molecule has 21 heavy (non-hydrogen) atoms. The Balaban J connectivity index is 2.14. The van der Waals surface area contributed by atoms with Crippen LogP contribution in [-0.4, -0.2) is 16.1 Å². The predicted octanol–water partition coefficient (Wildman–Crippen LogP) is 3.64. The Kier molecular flexibility index (Phi) is 5.11. The first kappa shape index (κ1) is 15.3. The average Bonchev–Trinajstić information content (AvgIpc) is 2.47. The molecule has 0 aliphatic carbocycles. The summed E-state index contributed by atoms with van der Waals surface area (Å²) in [6, 6.07) is 11.4. The van der Waals surface area contributed by atoms with E-state index in [4.69, 9.17) is 22.7 Å². The number of ether oxygens (including phenoxy) is 1. The van der Waals surface area contributed by atoms with Gasteiger partial charge in [-0.3, -0.25) is 0 Å². The van der Waals surface area contributed by atoms with E-state index in [0.29, 0.717) is 10.8 Å². The van der Waals surface area contributed by atoms with Crippen molar-refractivity contribution in [2.24, 2.45) is 5.73 Å². The molecule has 0 spiro atoms. The summed E-state index contributed by atoms with van der Waals surface area (Å²) in [5, 5.41) is 3.22. The Labute approximate surface area is 130 Å². The second kappa shape index (κ2) is 7.04. The molecule has 0 aliphatic rings. The normalized spacial score (nSPS) is 11.7. The third kappa shape index (κ3) is 4.43. The summed E-state index contributed by atoms with van der Waals surface area (Å²) in [4.78, 5) is 4.61. The molecule has 0 aliphatic heterocycles. The Morgan fingerprint density at radius 2 is 2.19 bits per heavy atom. The molecular formula is C16H19N3OS. The fourth-order valence-corrected chi connectivity index (χ4v) is 1.89. The van der Waals surface area contributed by atoms with Crippen molar-refractivity contribution < 1.29 is 4.74 Å². The van der Waals surface area contributed by atoms with Crippen molar-refractivity contribution in [2.75, 3.05) is 5.32 Å². The van der Waals surface area contributed by atoms with Crippen molar-refractivity contribution in [2.45, 2.75) is 26.4 Å². The molecule has 0 radical (unpaired) electrons. The van der Waals surface area contributed by atoms with Crippen molar-refractivity contribution >= 4 is 28.7 Å². The van der Waals surface area contributed by atoms with Gasteiger partial charge in [-0.25, -0.2) is 4.98 Å². The first-order valence-corrected chi connectivity index (χ1v) is 7.29. The first-order valence-electron chi connectivity index (χ1n) is 6.88. The minimum Gasteiger partial charge on any atom is -0.491 e. The highest BCUT2D eigenvalue weighted by Crippen LogP contribution is 2.22. The van der Waals surface area contributed by atoms with Crippen molar-refractivity contribution in [3.8, 4) is 5.75 Å². The maximum atomic E-state index is 5.80. The lowest BCUT2D eigenvalue weighted by molar-refractivity contribution is 0.217. The van der Waals surface area contributed by atoms with E-state index in [-0.39, 0.29) is 6.10 Å². The summed E-state index contributed by atoms with van der Waals surface area (Å²) in [5.74, 6) is 1.53. The Bertz CT molecular complexity index is 630. The lowest BCUT2D eigenvalue weighted by atomic mass is 10.2. The van der Waals surface area contributed by atoms with Gasteiger partial charge in [-0.05, 0) is 37.6 Å². The van der Waals surface area contributed by atoms with Gasteiger partial charge >= 0.3 is 0 Å². The van der Waals surface area contributed by atoms with Gasteiger partial charge in [0.1, 0.15) is 16.6 Å². The van der Waals surface area contributed by atoms with Gasteiger partial charge in [0.2, 0.25) is 0 Å². The van der Waals surface area contributed by atoms with E-state index >= 15 is 0 Å². The van der Waals surface area contributed by atoms with E-state index in [0.717, 1.165) is 23.4 Å². The topological polar surface area (TPSA) is 60.2 Å². The van der Waals surface area contributed by atoms with Gasteiger partial charge in [-0.2, -0.15) is 0 Å². The van der Waals surface area contributed by atoms with Crippen LogP contribution in [0, 0.1) is 0 Å². The third-order valence-corrected chi connectivity index (χ3v) is 3.30. The Morgan fingerprint density at radius 1 is 1.38 bits per heavy atom. The largest absolute Gasteiger partial charge is 0.491 e. The van der Waals surface area contributed by atoms with Gasteiger partial charge in [0, 0.05) is 23.5 Å². The molecule has 1 unspecified atom stereocenters. The number of pyridine rings is 1. The van der Waals surface area contributed by atoms with Crippen LogP contribution in [0.25, 0.3) is 0 Å². The smallest absolute Gasteiger partial charge is 0.130 e. The predicted molar refractivity (Wildman–Crippen MR) is 90.2 cm³/mol. The molecule has 0 saturated heterocycles. The van der Waals surface area contributed by atoms with Crippen molar-refractivity contribution in [3.05, 3.63) is 48.2 Å². The van der Waals surface area contributed by atoms with E-state index < -0.39 is 0 Å². The summed E-state index contributed by atoms with van der Waals surface area (Å²) in [5.41, 5.74) is 7.32. The number of nitrogens with zero attached hydrogens (tertiary/aromatic N) is 1. The van der Waals surface area contributed by atoms with Crippen LogP contribution in [0.4, 0.5) is 11.5 Å². The first-order chi connectivity index (χ1) is 10.1. The summed E-state index contributed by atoms with van der Waals surface area (Å²) >= 11 is 4.97. The number of aromatic nitrogens is 1. The van der Waals surface area contributed by atoms with Gasteiger partial charge in [0.15, 0.2) is 0 Å². The highest BCUT2D eigenvalue weighted by Gasteiger charge is 2.04. The van der Waals surface area contributed by atoms with Crippen LogP contribution >= 0.6 is 12.2 Å². The van der Waals surface area contributed by atoms with Gasteiger partial charge in [-0.15, -0.1) is 0 Å². The quantitative estimate of drug-likeness (QED) is 0.798. The summed E-state index contributed by atoms with van der Waals surface area (Å²) in [6.07, 6.45) is 2.84. The Hall–Kier alpha value is -2.14. The second-order valence-electron chi connectivity index (χ2n) is 4.78. The van der Waals surface area contributed by atoms with Crippen LogP contribution in [0.3, 0.4) is 0 Å². The van der Waals surface area contributed by atoms with Crippen LogP contribution in [0.1, 0.15) is 25.8 Å². The zero-order chi connectivity index (χ0) is 15.2. The maximum absolute atomic E-state index is 5.80. The highest BCUT2D eigenvalue weighted by atomic mass is 32.1. The number of hydrogen-bond donors (Lipinski definition) is 2. The molecule has 0 bridgehead atoms. The fraction of sp³-hybridized carbons (Fsp3) is 0.250. The van der Waals surface area contributed by atoms with Gasteiger partial charge in [-0.1, -0.05) is 25.2 Å². The molecule has 0 saturated carbocycles. The Morgan fingerprint density at radius 3 is 2.90 bits per heavy atom. The number of rotatable bonds is 6. The average molecular weight is 301 g/mol. The zero-order valence-corrected chi connectivity index (χ0v) is 13.0. The van der Waals surface area contributed by atoms with Gasteiger partial charge in [0.05, 0.1) is 6.10 Å². The SMILES string of the molecule is CCC(C)Oc1cccc(Nc2cc(C(N)=S)ccn2)c1. The van der Waals surface area contributed by atoms with Crippen LogP contribution in [-0.2, 0) is 0 Å². The molecule has 0 amide bonds. The minimum atomic E-state index is 0.191. The lowest BCUT2D eigenvalue weighted by Gasteiger charge is -2.14. The van der Waals surface area contributed by atoms with E-state index in [2.05, 4.69) is 17.2 Å². The number of nitrogens with two attached hydrogens (primary N) is 1. The zero-order valence-electron chi connectivity index (χ0n) is 12.2. The minimum absolute atomic E-state index is 0.191. The monoisotopic (exact) mass is 301 g/mol. The number of benzene rings is 1. The van der Waals surface area contributed by atoms with E-state index in [9.17, 15) is 0 Å². The summed E-state index contributed by atoms with van der Waals surface area (Å²) in [7, 11) is 0. The van der Waals surface area contributed by atoms with Crippen LogP contribution in [0.15, 0.2) is 42.6 Å². The highest BCUT2D eigenvalue weighted by molar-refractivity contribution is 7.80. The van der Waals surface area contributed by atoms with Crippen molar-refractivity contribution in [3.63, 3.8) is 0 Å². The van der Waals surface area contributed by atoms with Gasteiger partial charge in [0.25, 0.3) is 0 Å². The van der Waals surface area contributed by atoms with Crippen LogP contribution < -0.4 is 15.8 Å². The second-order valence-corrected chi connectivity index (χ2v) is 5.22. The molecular weight excluding hydrogens is 282 g/mol. The molecule has 110 valence electrons. The molecule has 2 rings (SSSR count). The van der Waals surface area contributed by atoms with E-state index in [1.165, 1.54) is 0 Å². The van der Waals surface area contributed by atoms with Crippen LogP contribution in [0.2, 0.25) is 0 Å². The van der Waals surface area contributed by atoms with Crippen LogP contribution in [0.5, 0.6) is 5.75 Å². The molecule has 0 fully saturated rings. The standard InChI is InChI=1S/C16H19N3OS/c1-3-11(2)20-14-6-4-5-13(10-14)19-15-9-12(16(17)21)7-8-18-15/h4-11H,3H2,1-2H3,(H2,17,21)(H,18,19). The fourth-order valence-electron chi connectivity index (χ4n) is 1.76. The number of thiocarbonyl (C=S) groups is 1.